The van der Waals surface area contributed by atoms with E-state index in [9.17, 15) is 4.79 Å². The van der Waals surface area contributed by atoms with Crippen molar-refractivity contribution >= 4 is 33.3 Å². The molecule has 7 nitrogen and oxygen atoms in total. The minimum atomic E-state index is -0.136. The SMILES string of the molecule is Cc1cc(C)c2nc(-n3nc(C)cc3NC(=O)Cc3ccc4c(c3)OCO4)sc2c1. The predicted molar refractivity (Wildman–Crippen MR) is 116 cm³/mol. The third-order valence-corrected chi connectivity index (χ3v) is 5.88. The Morgan fingerprint density at radius 1 is 1.13 bits per heavy atom. The van der Waals surface area contributed by atoms with Crippen molar-refractivity contribution in [1.29, 1.82) is 0 Å². The second-order valence-electron chi connectivity index (χ2n) is 7.42. The van der Waals surface area contributed by atoms with E-state index in [1.54, 1.807) is 16.0 Å². The zero-order chi connectivity index (χ0) is 20.8. The molecule has 5 rings (SSSR count). The van der Waals surface area contributed by atoms with Crippen LogP contribution in [0, 0.1) is 20.8 Å². The standard InChI is InChI=1S/C22H20N4O3S/c1-12-6-13(2)21-18(7-12)30-22(24-21)26-19(8-14(3)25-26)23-20(27)10-15-4-5-16-17(9-15)29-11-28-16/h4-9H,10-11H2,1-3H3,(H,23,27). The summed E-state index contributed by atoms with van der Waals surface area (Å²) >= 11 is 1.56. The molecule has 0 unspecified atom stereocenters. The lowest BCUT2D eigenvalue weighted by molar-refractivity contribution is -0.115. The molecule has 2 aromatic carbocycles. The molecule has 1 amide bonds. The van der Waals surface area contributed by atoms with Gasteiger partial charge in [0.15, 0.2) is 11.5 Å². The van der Waals surface area contributed by atoms with Gasteiger partial charge < -0.3 is 14.8 Å². The summed E-state index contributed by atoms with van der Waals surface area (Å²) in [6.45, 7) is 6.24. The van der Waals surface area contributed by atoms with Crippen LogP contribution in [0.25, 0.3) is 15.3 Å². The first kappa shape index (κ1) is 18.6. The molecule has 0 saturated carbocycles. The van der Waals surface area contributed by atoms with Crippen LogP contribution in [-0.2, 0) is 11.2 Å². The average Bonchev–Trinajstić information content (AvgIpc) is 3.39. The van der Waals surface area contributed by atoms with Crippen LogP contribution in [0.5, 0.6) is 11.5 Å². The zero-order valence-corrected chi connectivity index (χ0v) is 17.7. The number of hydrogen-bond acceptors (Lipinski definition) is 6. The molecule has 1 aliphatic heterocycles. The van der Waals surface area contributed by atoms with E-state index >= 15 is 0 Å². The van der Waals surface area contributed by atoms with Gasteiger partial charge in [-0.3, -0.25) is 4.79 Å². The van der Waals surface area contributed by atoms with E-state index < -0.39 is 0 Å². The molecule has 2 aromatic heterocycles. The molecule has 3 heterocycles. The molecule has 30 heavy (non-hydrogen) atoms. The van der Waals surface area contributed by atoms with Crippen molar-refractivity contribution in [2.24, 2.45) is 0 Å². The largest absolute Gasteiger partial charge is 0.454 e. The number of aryl methyl sites for hydroxylation is 3. The number of amides is 1. The average molecular weight is 420 g/mol. The van der Waals surface area contributed by atoms with Gasteiger partial charge in [-0.15, -0.1) is 0 Å². The summed E-state index contributed by atoms with van der Waals surface area (Å²) in [5.74, 6) is 1.84. The molecule has 152 valence electrons. The van der Waals surface area contributed by atoms with Gasteiger partial charge in [0.25, 0.3) is 0 Å². The van der Waals surface area contributed by atoms with Crippen molar-refractivity contribution < 1.29 is 14.3 Å². The number of fused-ring (bicyclic) bond motifs is 2. The van der Waals surface area contributed by atoms with Crippen LogP contribution in [0.4, 0.5) is 5.82 Å². The van der Waals surface area contributed by atoms with E-state index in [0.29, 0.717) is 17.3 Å². The highest BCUT2D eigenvalue weighted by Crippen LogP contribution is 2.33. The number of rotatable bonds is 4. The smallest absolute Gasteiger partial charge is 0.231 e. The van der Waals surface area contributed by atoms with Crippen molar-refractivity contribution in [3.63, 3.8) is 0 Å². The third kappa shape index (κ3) is 3.39. The second-order valence-corrected chi connectivity index (χ2v) is 8.43. The van der Waals surface area contributed by atoms with Gasteiger partial charge in [-0.25, -0.2) is 4.98 Å². The molecule has 1 aliphatic rings. The van der Waals surface area contributed by atoms with Crippen molar-refractivity contribution in [2.75, 3.05) is 12.1 Å². The van der Waals surface area contributed by atoms with Gasteiger partial charge in [0.2, 0.25) is 17.8 Å². The highest BCUT2D eigenvalue weighted by atomic mass is 32.1. The van der Waals surface area contributed by atoms with Crippen molar-refractivity contribution in [3.05, 3.63) is 58.8 Å². The molecule has 4 aromatic rings. The molecule has 0 saturated heterocycles. The second kappa shape index (κ2) is 7.14. The van der Waals surface area contributed by atoms with E-state index in [4.69, 9.17) is 14.5 Å². The Hall–Kier alpha value is -3.39. The fourth-order valence-electron chi connectivity index (χ4n) is 3.61. The summed E-state index contributed by atoms with van der Waals surface area (Å²) in [6, 6.07) is 11.6. The number of hydrogen-bond donors (Lipinski definition) is 1. The quantitative estimate of drug-likeness (QED) is 0.532. The fraction of sp³-hybridized carbons (Fsp3) is 0.227. The number of aromatic nitrogens is 3. The summed E-state index contributed by atoms with van der Waals surface area (Å²) < 4.78 is 13.5. The number of carbonyl (C=O) groups excluding carboxylic acids is 1. The Labute approximate surface area is 177 Å². The predicted octanol–water partition coefficient (Wildman–Crippen LogP) is 4.32. The highest BCUT2D eigenvalue weighted by Gasteiger charge is 2.17. The summed E-state index contributed by atoms with van der Waals surface area (Å²) in [4.78, 5) is 17.5. The summed E-state index contributed by atoms with van der Waals surface area (Å²) in [5.41, 5.74) is 4.95. The van der Waals surface area contributed by atoms with E-state index in [2.05, 4.69) is 36.4 Å². The fourth-order valence-corrected chi connectivity index (χ4v) is 4.71. The molecule has 0 spiro atoms. The first-order chi connectivity index (χ1) is 14.5. The number of ether oxygens (including phenoxy) is 2. The lowest BCUT2D eigenvalue weighted by Gasteiger charge is -2.07. The van der Waals surface area contributed by atoms with Gasteiger partial charge in [-0.2, -0.15) is 9.78 Å². The monoisotopic (exact) mass is 420 g/mol. The molecular weight excluding hydrogens is 400 g/mol. The van der Waals surface area contributed by atoms with Crippen LogP contribution in [-0.4, -0.2) is 27.5 Å². The minimum Gasteiger partial charge on any atom is -0.454 e. The van der Waals surface area contributed by atoms with Crippen LogP contribution < -0.4 is 14.8 Å². The van der Waals surface area contributed by atoms with E-state index in [1.165, 1.54) is 5.56 Å². The number of carbonyl (C=O) groups is 1. The van der Waals surface area contributed by atoms with Gasteiger partial charge in [-0.05, 0) is 55.7 Å². The molecule has 0 atom stereocenters. The van der Waals surface area contributed by atoms with Gasteiger partial charge in [0.1, 0.15) is 5.82 Å². The van der Waals surface area contributed by atoms with Crippen LogP contribution in [0.2, 0.25) is 0 Å². The summed E-state index contributed by atoms with van der Waals surface area (Å²) in [6.07, 6.45) is 0.221. The Morgan fingerprint density at radius 2 is 1.97 bits per heavy atom. The third-order valence-electron chi connectivity index (χ3n) is 4.90. The summed E-state index contributed by atoms with van der Waals surface area (Å²) in [7, 11) is 0. The van der Waals surface area contributed by atoms with Crippen LogP contribution in [0.1, 0.15) is 22.4 Å². The minimum absolute atomic E-state index is 0.136. The normalized spacial score (nSPS) is 12.5. The molecular formula is C22H20N4O3S. The Kier molecular flexibility index (Phi) is 4.43. The maximum atomic E-state index is 12.7. The number of nitrogens with zero attached hydrogens (tertiary/aromatic N) is 3. The number of nitrogens with one attached hydrogen (secondary N) is 1. The Balaban J connectivity index is 1.41. The maximum absolute atomic E-state index is 12.7. The highest BCUT2D eigenvalue weighted by molar-refractivity contribution is 7.20. The van der Waals surface area contributed by atoms with E-state index in [0.717, 1.165) is 32.2 Å². The molecule has 8 heteroatoms. The molecule has 1 N–H and O–H groups in total. The lowest BCUT2D eigenvalue weighted by Crippen LogP contribution is -2.17. The molecule has 0 radical (unpaired) electrons. The maximum Gasteiger partial charge on any atom is 0.231 e. The van der Waals surface area contributed by atoms with Gasteiger partial charge >= 0.3 is 0 Å². The Bertz CT molecular complexity index is 1290. The van der Waals surface area contributed by atoms with Gasteiger partial charge in [0, 0.05) is 6.07 Å². The lowest BCUT2D eigenvalue weighted by atomic mass is 10.1. The summed E-state index contributed by atoms with van der Waals surface area (Å²) in [5, 5.41) is 8.25. The first-order valence-electron chi connectivity index (χ1n) is 9.59. The molecule has 0 fully saturated rings. The Morgan fingerprint density at radius 3 is 2.83 bits per heavy atom. The van der Waals surface area contributed by atoms with E-state index in [1.807, 2.05) is 31.2 Å². The number of benzene rings is 2. The van der Waals surface area contributed by atoms with Crippen LogP contribution in [0.15, 0.2) is 36.4 Å². The van der Waals surface area contributed by atoms with Crippen molar-refractivity contribution in [3.8, 4) is 16.6 Å². The topological polar surface area (TPSA) is 78.3 Å². The number of thiazole rings is 1. The van der Waals surface area contributed by atoms with Crippen LogP contribution >= 0.6 is 11.3 Å². The van der Waals surface area contributed by atoms with Crippen molar-refractivity contribution in [2.45, 2.75) is 27.2 Å². The first-order valence-corrected chi connectivity index (χ1v) is 10.4. The van der Waals surface area contributed by atoms with Gasteiger partial charge in [0.05, 0.1) is 22.3 Å². The molecule has 0 bridgehead atoms. The zero-order valence-electron chi connectivity index (χ0n) is 16.9. The van der Waals surface area contributed by atoms with Gasteiger partial charge in [-0.1, -0.05) is 23.5 Å². The van der Waals surface area contributed by atoms with Crippen LogP contribution in [0.3, 0.4) is 0 Å². The number of anilines is 1. The van der Waals surface area contributed by atoms with Crippen molar-refractivity contribution in [1.82, 2.24) is 14.8 Å². The molecule has 0 aliphatic carbocycles. The van der Waals surface area contributed by atoms with E-state index in [-0.39, 0.29) is 19.1 Å².